The largest absolute Gasteiger partial charge is 0.493 e. The first-order valence-electron chi connectivity index (χ1n) is 6.41. The number of benzene rings is 1. The van der Waals surface area contributed by atoms with Crippen molar-refractivity contribution < 1.29 is 9.47 Å². The number of hydrogen-bond acceptors (Lipinski definition) is 5. The predicted molar refractivity (Wildman–Crippen MR) is 86.2 cm³/mol. The van der Waals surface area contributed by atoms with E-state index >= 15 is 0 Å². The molecule has 0 bridgehead atoms. The lowest BCUT2D eigenvalue weighted by Crippen LogP contribution is -1.99. The van der Waals surface area contributed by atoms with Crippen LogP contribution in [0.5, 0.6) is 11.5 Å². The van der Waals surface area contributed by atoms with Crippen LogP contribution in [0, 0.1) is 6.92 Å². The van der Waals surface area contributed by atoms with Crippen molar-refractivity contribution in [2.24, 2.45) is 5.10 Å². The van der Waals surface area contributed by atoms with Crippen LogP contribution in [0.3, 0.4) is 0 Å². The average Bonchev–Trinajstić information content (AvgIpc) is 2.77. The van der Waals surface area contributed by atoms with Crippen LogP contribution in [0.15, 0.2) is 27.9 Å². The molecule has 0 spiro atoms. The Morgan fingerprint density at radius 3 is 2.81 bits per heavy atom. The molecule has 0 saturated heterocycles. The molecule has 0 fully saturated rings. The molecule has 0 aliphatic carbocycles. The van der Waals surface area contributed by atoms with Gasteiger partial charge < -0.3 is 15.2 Å². The molecule has 1 aromatic carbocycles. The number of rotatable bonds is 5. The summed E-state index contributed by atoms with van der Waals surface area (Å²) in [7, 11) is 1.60. The molecule has 0 radical (unpaired) electrons. The number of anilines is 1. The number of aromatic nitrogens is 2. The van der Waals surface area contributed by atoms with Gasteiger partial charge in [-0.2, -0.15) is 5.10 Å². The maximum atomic E-state index is 5.74. The zero-order chi connectivity index (χ0) is 15.4. The van der Waals surface area contributed by atoms with Gasteiger partial charge in [-0.15, -0.1) is 0 Å². The van der Waals surface area contributed by atoms with Crippen molar-refractivity contribution in [3.8, 4) is 11.5 Å². The Morgan fingerprint density at radius 2 is 2.24 bits per heavy atom. The van der Waals surface area contributed by atoms with Crippen molar-refractivity contribution in [2.45, 2.75) is 13.8 Å². The molecule has 2 aromatic rings. The van der Waals surface area contributed by atoms with E-state index in [1.54, 1.807) is 19.5 Å². The highest BCUT2D eigenvalue weighted by Crippen LogP contribution is 2.36. The van der Waals surface area contributed by atoms with Gasteiger partial charge in [-0.25, -0.2) is 9.66 Å². The normalized spacial score (nSPS) is 11.0. The van der Waals surface area contributed by atoms with Gasteiger partial charge in [0, 0.05) is 0 Å². The Morgan fingerprint density at radius 1 is 1.48 bits per heavy atom. The third-order valence-corrected chi connectivity index (χ3v) is 3.30. The van der Waals surface area contributed by atoms with Crippen LogP contribution >= 0.6 is 15.9 Å². The molecule has 0 aliphatic rings. The summed E-state index contributed by atoms with van der Waals surface area (Å²) in [6.45, 7) is 4.34. The van der Waals surface area contributed by atoms with Gasteiger partial charge in [-0.05, 0) is 47.5 Å². The Labute approximate surface area is 131 Å². The first kappa shape index (κ1) is 15.4. The number of nitrogens with zero attached hydrogens (tertiary/aromatic N) is 3. The van der Waals surface area contributed by atoms with E-state index < -0.39 is 0 Å². The lowest BCUT2D eigenvalue weighted by Gasteiger charge is -2.11. The summed E-state index contributed by atoms with van der Waals surface area (Å²) in [5.74, 6) is 1.67. The molecule has 0 unspecified atom stereocenters. The second-order valence-electron chi connectivity index (χ2n) is 4.30. The van der Waals surface area contributed by atoms with E-state index in [0.717, 1.165) is 15.7 Å². The number of imidazole rings is 1. The predicted octanol–water partition coefficient (Wildman–Crippen LogP) is 2.83. The highest BCUT2D eigenvalue weighted by molar-refractivity contribution is 9.10. The highest BCUT2D eigenvalue weighted by atomic mass is 79.9. The molecule has 112 valence electrons. The van der Waals surface area contributed by atoms with Crippen molar-refractivity contribution in [1.82, 2.24) is 9.66 Å². The average molecular weight is 353 g/mol. The molecule has 2 rings (SSSR count). The topological polar surface area (TPSA) is 74.7 Å². The SMILES string of the molecule is CCOc1c(Br)cc(C=Nn2cc(C)nc2N)cc1OC. The third-order valence-electron chi connectivity index (χ3n) is 2.71. The zero-order valence-electron chi connectivity index (χ0n) is 12.1. The van der Waals surface area contributed by atoms with Crippen LogP contribution in [-0.4, -0.2) is 29.6 Å². The number of aryl methyl sites for hydroxylation is 1. The number of nitrogen functional groups attached to an aromatic ring is 1. The molecule has 0 saturated carbocycles. The molecule has 0 atom stereocenters. The van der Waals surface area contributed by atoms with Gasteiger partial charge in [0.1, 0.15) is 0 Å². The quantitative estimate of drug-likeness (QED) is 0.839. The second kappa shape index (κ2) is 6.62. The fourth-order valence-corrected chi connectivity index (χ4v) is 2.40. The zero-order valence-corrected chi connectivity index (χ0v) is 13.7. The summed E-state index contributed by atoms with van der Waals surface area (Å²) < 4.78 is 13.2. The lowest BCUT2D eigenvalue weighted by atomic mass is 10.2. The summed E-state index contributed by atoms with van der Waals surface area (Å²) in [6, 6.07) is 3.75. The van der Waals surface area contributed by atoms with Crippen molar-refractivity contribution in [1.29, 1.82) is 0 Å². The van der Waals surface area contributed by atoms with E-state index in [9.17, 15) is 0 Å². The molecule has 21 heavy (non-hydrogen) atoms. The molecule has 1 heterocycles. The minimum atomic E-state index is 0.348. The minimum Gasteiger partial charge on any atom is -0.493 e. The number of hydrogen-bond donors (Lipinski definition) is 1. The molecule has 1 aromatic heterocycles. The number of halogens is 1. The van der Waals surface area contributed by atoms with Crippen molar-refractivity contribution in [3.05, 3.63) is 34.1 Å². The number of nitrogens with two attached hydrogens (primary N) is 1. The summed E-state index contributed by atoms with van der Waals surface area (Å²) in [6.07, 6.45) is 3.44. The number of ether oxygens (including phenoxy) is 2. The van der Waals surface area contributed by atoms with E-state index in [1.807, 2.05) is 26.0 Å². The summed E-state index contributed by atoms with van der Waals surface area (Å²) in [5, 5.41) is 4.28. The van der Waals surface area contributed by atoms with Crippen LogP contribution in [0.25, 0.3) is 0 Å². The fraction of sp³-hybridized carbons (Fsp3) is 0.286. The second-order valence-corrected chi connectivity index (χ2v) is 5.15. The number of methoxy groups -OCH3 is 1. The monoisotopic (exact) mass is 352 g/mol. The van der Waals surface area contributed by atoms with Gasteiger partial charge >= 0.3 is 0 Å². The minimum absolute atomic E-state index is 0.348. The van der Waals surface area contributed by atoms with Gasteiger partial charge in [0.2, 0.25) is 5.95 Å². The van der Waals surface area contributed by atoms with Crippen LogP contribution in [-0.2, 0) is 0 Å². The molecule has 6 nitrogen and oxygen atoms in total. The van der Waals surface area contributed by atoms with Crippen LogP contribution in [0.1, 0.15) is 18.2 Å². The molecular formula is C14H17BrN4O2. The fourth-order valence-electron chi connectivity index (χ4n) is 1.82. The highest BCUT2D eigenvalue weighted by Gasteiger charge is 2.10. The summed E-state index contributed by atoms with van der Waals surface area (Å²) in [5.41, 5.74) is 7.41. The molecular weight excluding hydrogens is 336 g/mol. The molecule has 0 amide bonds. The van der Waals surface area contributed by atoms with Gasteiger partial charge in [0.05, 0.1) is 36.3 Å². The van der Waals surface area contributed by atoms with E-state index in [4.69, 9.17) is 15.2 Å². The van der Waals surface area contributed by atoms with Crippen LogP contribution in [0.2, 0.25) is 0 Å². The van der Waals surface area contributed by atoms with Gasteiger partial charge in [0.15, 0.2) is 11.5 Å². The Balaban J connectivity index is 2.32. The van der Waals surface area contributed by atoms with Crippen LogP contribution in [0.4, 0.5) is 5.95 Å². The van der Waals surface area contributed by atoms with E-state index in [0.29, 0.717) is 24.1 Å². The van der Waals surface area contributed by atoms with E-state index in [2.05, 4.69) is 26.0 Å². The lowest BCUT2D eigenvalue weighted by molar-refractivity contribution is 0.309. The van der Waals surface area contributed by atoms with E-state index in [1.165, 1.54) is 4.68 Å². The first-order chi connectivity index (χ1) is 10.0. The Kier molecular flexibility index (Phi) is 4.85. The Bertz CT molecular complexity index is 667. The maximum Gasteiger partial charge on any atom is 0.221 e. The summed E-state index contributed by atoms with van der Waals surface area (Å²) in [4.78, 5) is 4.09. The first-order valence-corrected chi connectivity index (χ1v) is 7.20. The van der Waals surface area contributed by atoms with Crippen molar-refractivity contribution in [3.63, 3.8) is 0 Å². The summed E-state index contributed by atoms with van der Waals surface area (Å²) >= 11 is 3.47. The van der Waals surface area contributed by atoms with Gasteiger partial charge in [-0.1, -0.05) is 0 Å². The molecule has 2 N–H and O–H groups in total. The standard InChI is InChI=1S/C14H17BrN4O2/c1-4-21-13-11(15)5-10(6-12(13)20-3)7-17-19-8-9(2)18-14(19)16/h5-8H,4H2,1-3H3,(H2,16,18). The van der Waals surface area contributed by atoms with Crippen molar-refractivity contribution >= 4 is 28.1 Å². The Hall–Kier alpha value is -2.02. The molecule has 0 aliphatic heterocycles. The van der Waals surface area contributed by atoms with Crippen LogP contribution < -0.4 is 15.2 Å². The van der Waals surface area contributed by atoms with E-state index in [-0.39, 0.29) is 0 Å². The molecule has 7 heteroatoms. The van der Waals surface area contributed by atoms with Crippen molar-refractivity contribution in [2.75, 3.05) is 19.5 Å². The smallest absolute Gasteiger partial charge is 0.221 e. The third kappa shape index (κ3) is 3.55. The van der Waals surface area contributed by atoms with Gasteiger partial charge in [0.25, 0.3) is 0 Å². The maximum absolute atomic E-state index is 5.74. The van der Waals surface area contributed by atoms with Gasteiger partial charge in [-0.3, -0.25) is 0 Å².